The number of benzene rings is 2. The minimum absolute atomic E-state index is 0.0837. The molecule has 2 aromatic carbocycles. The summed E-state index contributed by atoms with van der Waals surface area (Å²) in [5.41, 5.74) is 1.90. The Bertz CT molecular complexity index is 862. The zero-order chi connectivity index (χ0) is 20.1. The summed E-state index contributed by atoms with van der Waals surface area (Å²) in [7, 11) is 0. The zero-order valence-electron chi connectivity index (χ0n) is 15.9. The largest absolute Gasteiger partial charge is 0.494 e. The van der Waals surface area contributed by atoms with Crippen LogP contribution in [0.4, 0.5) is 17.1 Å². The predicted molar refractivity (Wildman–Crippen MR) is 107 cm³/mol. The molecule has 0 spiro atoms. The third kappa shape index (κ3) is 4.49. The summed E-state index contributed by atoms with van der Waals surface area (Å²) in [6.07, 6.45) is 0.990. The SMILES string of the molecule is CCCOc1ccc(N2C(=O)CC(Nc3ccc(NC(C)=O)cc3)C2=O)cc1. The molecule has 1 aliphatic heterocycles. The average molecular weight is 381 g/mol. The van der Waals surface area contributed by atoms with E-state index in [1.165, 1.54) is 11.8 Å². The highest BCUT2D eigenvalue weighted by Crippen LogP contribution is 2.27. The first-order chi connectivity index (χ1) is 13.5. The number of carbonyl (C=O) groups is 3. The average Bonchev–Trinajstić information content (AvgIpc) is 2.95. The molecule has 0 radical (unpaired) electrons. The number of nitrogens with zero attached hydrogens (tertiary/aromatic N) is 1. The fourth-order valence-electron chi connectivity index (χ4n) is 2.98. The van der Waals surface area contributed by atoms with Gasteiger partial charge in [0.05, 0.1) is 18.7 Å². The summed E-state index contributed by atoms with van der Waals surface area (Å²) in [5.74, 6) is 0.00965. The Balaban J connectivity index is 1.67. The molecule has 0 saturated carbocycles. The normalized spacial score (nSPS) is 16.2. The molecule has 1 fully saturated rings. The molecule has 2 N–H and O–H groups in total. The molecule has 0 bridgehead atoms. The van der Waals surface area contributed by atoms with Crippen molar-refractivity contribution in [3.8, 4) is 5.75 Å². The van der Waals surface area contributed by atoms with E-state index in [4.69, 9.17) is 4.74 Å². The fourth-order valence-corrected chi connectivity index (χ4v) is 2.98. The topological polar surface area (TPSA) is 87.7 Å². The molecule has 1 saturated heterocycles. The van der Waals surface area contributed by atoms with Crippen LogP contribution >= 0.6 is 0 Å². The lowest BCUT2D eigenvalue weighted by Crippen LogP contribution is -2.34. The lowest BCUT2D eigenvalue weighted by Gasteiger charge is -2.17. The molecule has 1 heterocycles. The van der Waals surface area contributed by atoms with E-state index in [0.29, 0.717) is 29.4 Å². The minimum Gasteiger partial charge on any atom is -0.494 e. The number of nitrogens with one attached hydrogen (secondary N) is 2. The maximum absolute atomic E-state index is 12.7. The summed E-state index contributed by atoms with van der Waals surface area (Å²) >= 11 is 0. The molecule has 1 atom stereocenters. The van der Waals surface area contributed by atoms with E-state index in [2.05, 4.69) is 10.6 Å². The van der Waals surface area contributed by atoms with Gasteiger partial charge in [-0.3, -0.25) is 14.4 Å². The Morgan fingerprint density at radius 1 is 1.07 bits per heavy atom. The minimum atomic E-state index is -0.630. The second kappa shape index (κ2) is 8.56. The van der Waals surface area contributed by atoms with Crippen molar-refractivity contribution in [3.63, 3.8) is 0 Å². The molecule has 2 aromatic rings. The molecule has 146 valence electrons. The predicted octanol–water partition coefficient (Wildman–Crippen LogP) is 3.18. The quantitative estimate of drug-likeness (QED) is 0.719. The highest BCUT2D eigenvalue weighted by molar-refractivity contribution is 6.23. The van der Waals surface area contributed by atoms with Gasteiger partial charge >= 0.3 is 0 Å². The van der Waals surface area contributed by atoms with Gasteiger partial charge in [-0.25, -0.2) is 4.90 Å². The van der Waals surface area contributed by atoms with E-state index in [9.17, 15) is 14.4 Å². The molecular weight excluding hydrogens is 358 g/mol. The number of hydrogen-bond donors (Lipinski definition) is 2. The second-order valence-corrected chi connectivity index (χ2v) is 6.57. The van der Waals surface area contributed by atoms with Crippen LogP contribution in [0.1, 0.15) is 26.7 Å². The Labute approximate surface area is 163 Å². The van der Waals surface area contributed by atoms with Crippen molar-refractivity contribution in [2.45, 2.75) is 32.7 Å². The lowest BCUT2D eigenvalue weighted by molar-refractivity contribution is -0.121. The highest BCUT2D eigenvalue weighted by atomic mass is 16.5. The van der Waals surface area contributed by atoms with E-state index < -0.39 is 6.04 Å². The Morgan fingerprint density at radius 3 is 2.32 bits per heavy atom. The van der Waals surface area contributed by atoms with E-state index in [1.54, 1.807) is 48.5 Å². The van der Waals surface area contributed by atoms with Crippen LogP contribution in [0, 0.1) is 0 Å². The van der Waals surface area contributed by atoms with Gasteiger partial charge in [0, 0.05) is 18.3 Å². The first-order valence-electron chi connectivity index (χ1n) is 9.21. The van der Waals surface area contributed by atoms with Crippen LogP contribution < -0.4 is 20.3 Å². The third-order valence-electron chi connectivity index (χ3n) is 4.26. The number of hydrogen-bond acceptors (Lipinski definition) is 5. The zero-order valence-corrected chi connectivity index (χ0v) is 15.9. The van der Waals surface area contributed by atoms with Crippen molar-refractivity contribution in [1.82, 2.24) is 0 Å². The maximum atomic E-state index is 12.7. The number of imide groups is 1. The fraction of sp³-hybridized carbons (Fsp3) is 0.286. The molecule has 3 rings (SSSR count). The Hall–Kier alpha value is -3.35. The van der Waals surface area contributed by atoms with Crippen molar-refractivity contribution in [1.29, 1.82) is 0 Å². The first kappa shape index (κ1) is 19.4. The van der Waals surface area contributed by atoms with Crippen molar-refractivity contribution >= 4 is 34.8 Å². The molecule has 3 amide bonds. The van der Waals surface area contributed by atoms with Crippen LogP contribution in [0.15, 0.2) is 48.5 Å². The molecule has 7 heteroatoms. The third-order valence-corrected chi connectivity index (χ3v) is 4.26. The number of amides is 3. The Morgan fingerprint density at radius 2 is 1.71 bits per heavy atom. The molecule has 0 aliphatic carbocycles. The maximum Gasteiger partial charge on any atom is 0.256 e. The molecule has 28 heavy (non-hydrogen) atoms. The van der Waals surface area contributed by atoms with Crippen molar-refractivity contribution in [2.24, 2.45) is 0 Å². The van der Waals surface area contributed by atoms with Gasteiger partial charge in [0.2, 0.25) is 11.8 Å². The van der Waals surface area contributed by atoms with Gasteiger partial charge in [-0.15, -0.1) is 0 Å². The molecular formula is C21H23N3O4. The summed E-state index contributed by atoms with van der Waals surface area (Å²) in [5, 5.41) is 5.77. The molecule has 1 unspecified atom stereocenters. The van der Waals surface area contributed by atoms with Crippen LogP contribution in [0.5, 0.6) is 5.75 Å². The van der Waals surface area contributed by atoms with Gasteiger partial charge in [0.25, 0.3) is 5.91 Å². The number of rotatable bonds is 7. The van der Waals surface area contributed by atoms with Crippen LogP contribution in [0.3, 0.4) is 0 Å². The van der Waals surface area contributed by atoms with Crippen LogP contribution in [0.25, 0.3) is 0 Å². The number of carbonyl (C=O) groups excluding carboxylic acids is 3. The van der Waals surface area contributed by atoms with Crippen LogP contribution in [0.2, 0.25) is 0 Å². The monoisotopic (exact) mass is 381 g/mol. The molecule has 7 nitrogen and oxygen atoms in total. The van der Waals surface area contributed by atoms with E-state index in [1.807, 2.05) is 6.92 Å². The standard InChI is InChI=1S/C21H23N3O4/c1-3-12-28-18-10-8-17(9-11-18)24-20(26)13-19(21(24)27)23-16-6-4-15(5-7-16)22-14(2)25/h4-11,19,23H,3,12-13H2,1-2H3,(H,22,25). The van der Waals surface area contributed by atoms with Gasteiger partial charge in [0.15, 0.2) is 0 Å². The van der Waals surface area contributed by atoms with E-state index in [0.717, 1.165) is 6.42 Å². The highest BCUT2D eigenvalue weighted by Gasteiger charge is 2.39. The smallest absolute Gasteiger partial charge is 0.256 e. The molecule has 1 aliphatic rings. The van der Waals surface area contributed by atoms with Crippen molar-refractivity contribution < 1.29 is 19.1 Å². The van der Waals surface area contributed by atoms with Crippen LogP contribution in [-0.4, -0.2) is 30.4 Å². The summed E-state index contributed by atoms with van der Waals surface area (Å²) < 4.78 is 5.53. The number of ether oxygens (including phenoxy) is 1. The first-order valence-corrected chi connectivity index (χ1v) is 9.21. The lowest BCUT2D eigenvalue weighted by atomic mass is 10.2. The van der Waals surface area contributed by atoms with Crippen LogP contribution in [-0.2, 0) is 14.4 Å². The Kier molecular flexibility index (Phi) is 5.93. The van der Waals surface area contributed by atoms with E-state index >= 15 is 0 Å². The molecule has 0 aromatic heterocycles. The summed E-state index contributed by atoms with van der Waals surface area (Å²) in [6, 6.07) is 13.3. The summed E-state index contributed by atoms with van der Waals surface area (Å²) in [4.78, 5) is 37.4. The van der Waals surface area contributed by atoms with E-state index in [-0.39, 0.29) is 24.1 Å². The summed E-state index contributed by atoms with van der Waals surface area (Å²) in [6.45, 7) is 4.08. The van der Waals surface area contributed by atoms with Gasteiger partial charge in [-0.1, -0.05) is 6.92 Å². The van der Waals surface area contributed by atoms with Gasteiger partial charge in [0.1, 0.15) is 11.8 Å². The number of anilines is 3. The second-order valence-electron chi connectivity index (χ2n) is 6.57. The van der Waals surface area contributed by atoms with Crippen molar-refractivity contribution in [2.75, 3.05) is 22.1 Å². The van der Waals surface area contributed by atoms with Crippen molar-refractivity contribution in [3.05, 3.63) is 48.5 Å². The van der Waals surface area contributed by atoms with Gasteiger partial charge in [-0.2, -0.15) is 0 Å². The van der Waals surface area contributed by atoms with Gasteiger partial charge in [-0.05, 0) is 55.0 Å². The van der Waals surface area contributed by atoms with Gasteiger partial charge < -0.3 is 15.4 Å².